The Balaban J connectivity index is 1.93. The van der Waals surface area contributed by atoms with Gasteiger partial charge in [-0.3, -0.25) is 9.78 Å². The second kappa shape index (κ2) is 4.81. The molecule has 3 rings (SSSR count). The molecule has 4 nitrogen and oxygen atoms in total. The number of pyridine rings is 1. The van der Waals surface area contributed by atoms with Crippen LogP contribution in [0, 0.1) is 5.92 Å². The average Bonchev–Trinajstić information content (AvgIpc) is 3.19. The van der Waals surface area contributed by atoms with Crippen molar-refractivity contribution in [1.29, 1.82) is 0 Å². The molecular weight excluding hydrogens is 258 g/mol. The van der Waals surface area contributed by atoms with Crippen LogP contribution in [-0.2, 0) is 0 Å². The third-order valence-corrected chi connectivity index (χ3v) is 4.67. The quantitative estimate of drug-likeness (QED) is 0.933. The molecule has 1 saturated carbocycles. The van der Waals surface area contributed by atoms with E-state index in [0.717, 1.165) is 23.3 Å². The van der Waals surface area contributed by atoms with Crippen molar-refractivity contribution in [1.82, 2.24) is 9.88 Å². The summed E-state index contributed by atoms with van der Waals surface area (Å²) in [6.07, 6.45) is 4.20. The predicted octanol–water partition coefficient (Wildman–Crippen LogP) is 2.75. The van der Waals surface area contributed by atoms with E-state index in [1.807, 2.05) is 24.0 Å². The number of hydrogen-bond donors (Lipinski definition) is 1. The Morgan fingerprint density at radius 1 is 1.58 bits per heavy atom. The Kier molecular flexibility index (Phi) is 3.14. The SMILES string of the molecule is CCN(CC1CC1)C(=O)c1sc2cccnc2c1N. The van der Waals surface area contributed by atoms with E-state index in [4.69, 9.17) is 5.73 Å². The molecule has 2 aromatic rings. The Hall–Kier alpha value is -1.62. The van der Waals surface area contributed by atoms with Gasteiger partial charge in [0.25, 0.3) is 5.91 Å². The molecule has 5 heteroatoms. The van der Waals surface area contributed by atoms with Crippen molar-refractivity contribution in [3.8, 4) is 0 Å². The normalized spacial score (nSPS) is 14.8. The summed E-state index contributed by atoms with van der Waals surface area (Å²) in [7, 11) is 0. The van der Waals surface area contributed by atoms with Crippen LogP contribution in [0.5, 0.6) is 0 Å². The van der Waals surface area contributed by atoms with Crippen LogP contribution in [0.3, 0.4) is 0 Å². The average molecular weight is 275 g/mol. The molecule has 2 heterocycles. The van der Waals surface area contributed by atoms with Gasteiger partial charge in [0.05, 0.1) is 10.4 Å². The van der Waals surface area contributed by atoms with Gasteiger partial charge >= 0.3 is 0 Å². The number of anilines is 1. The summed E-state index contributed by atoms with van der Waals surface area (Å²) < 4.78 is 0.978. The minimum atomic E-state index is 0.0508. The van der Waals surface area contributed by atoms with Crippen molar-refractivity contribution in [2.75, 3.05) is 18.8 Å². The summed E-state index contributed by atoms with van der Waals surface area (Å²) in [5.41, 5.74) is 7.36. The highest BCUT2D eigenvalue weighted by Gasteiger charge is 2.28. The number of fused-ring (bicyclic) bond motifs is 1. The van der Waals surface area contributed by atoms with E-state index in [2.05, 4.69) is 4.98 Å². The van der Waals surface area contributed by atoms with Crippen molar-refractivity contribution in [3.05, 3.63) is 23.2 Å². The first-order valence-corrected chi connectivity index (χ1v) is 7.44. The van der Waals surface area contributed by atoms with Crippen LogP contribution in [0.25, 0.3) is 10.2 Å². The summed E-state index contributed by atoms with van der Waals surface area (Å²) in [6.45, 7) is 3.61. The maximum atomic E-state index is 12.6. The molecule has 19 heavy (non-hydrogen) atoms. The molecule has 100 valence electrons. The van der Waals surface area contributed by atoms with Crippen LogP contribution in [0.4, 0.5) is 5.69 Å². The fourth-order valence-electron chi connectivity index (χ4n) is 2.22. The number of nitrogen functional groups attached to an aromatic ring is 1. The highest BCUT2D eigenvalue weighted by Crippen LogP contribution is 2.34. The molecule has 2 aromatic heterocycles. The van der Waals surface area contributed by atoms with Crippen molar-refractivity contribution < 1.29 is 4.79 Å². The molecule has 0 radical (unpaired) electrons. The Morgan fingerprint density at radius 2 is 2.37 bits per heavy atom. The second-order valence-electron chi connectivity index (χ2n) is 4.98. The third-order valence-electron chi connectivity index (χ3n) is 3.52. The molecule has 0 aromatic carbocycles. The van der Waals surface area contributed by atoms with Crippen LogP contribution >= 0.6 is 11.3 Å². The molecule has 0 aliphatic heterocycles. The lowest BCUT2D eigenvalue weighted by Crippen LogP contribution is -2.32. The van der Waals surface area contributed by atoms with E-state index in [1.165, 1.54) is 24.2 Å². The van der Waals surface area contributed by atoms with E-state index >= 15 is 0 Å². The molecule has 0 bridgehead atoms. The van der Waals surface area contributed by atoms with Gasteiger partial charge in [-0.1, -0.05) is 0 Å². The van der Waals surface area contributed by atoms with Gasteiger partial charge in [-0.2, -0.15) is 0 Å². The van der Waals surface area contributed by atoms with Gasteiger partial charge in [-0.25, -0.2) is 0 Å². The molecule has 0 unspecified atom stereocenters. The summed E-state index contributed by atoms with van der Waals surface area (Å²) >= 11 is 1.44. The molecule has 1 aliphatic rings. The maximum absolute atomic E-state index is 12.6. The van der Waals surface area contributed by atoms with E-state index in [-0.39, 0.29) is 5.91 Å². The van der Waals surface area contributed by atoms with Gasteiger partial charge < -0.3 is 10.6 Å². The molecule has 1 amide bonds. The van der Waals surface area contributed by atoms with Crippen molar-refractivity contribution in [3.63, 3.8) is 0 Å². The van der Waals surface area contributed by atoms with Gasteiger partial charge in [-0.05, 0) is 37.8 Å². The molecule has 0 saturated heterocycles. The van der Waals surface area contributed by atoms with Crippen LogP contribution in [-0.4, -0.2) is 28.9 Å². The van der Waals surface area contributed by atoms with Crippen molar-refractivity contribution in [2.45, 2.75) is 19.8 Å². The zero-order chi connectivity index (χ0) is 13.4. The van der Waals surface area contributed by atoms with E-state index < -0.39 is 0 Å². The Labute approximate surface area is 116 Å². The van der Waals surface area contributed by atoms with Gasteiger partial charge in [0.15, 0.2) is 0 Å². The largest absolute Gasteiger partial charge is 0.396 e. The summed E-state index contributed by atoms with van der Waals surface area (Å²) in [5, 5.41) is 0. The summed E-state index contributed by atoms with van der Waals surface area (Å²) in [6, 6.07) is 3.83. The lowest BCUT2D eigenvalue weighted by Gasteiger charge is -2.20. The summed E-state index contributed by atoms with van der Waals surface area (Å²) in [4.78, 5) is 19.4. The number of hydrogen-bond acceptors (Lipinski definition) is 4. The van der Waals surface area contributed by atoms with E-state index in [9.17, 15) is 4.79 Å². The molecule has 0 spiro atoms. The monoisotopic (exact) mass is 275 g/mol. The van der Waals surface area contributed by atoms with Gasteiger partial charge in [-0.15, -0.1) is 11.3 Å². The Bertz CT molecular complexity index is 618. The van der Waals surface area contributed by atoms with Gasteiger partial charge in [0.1, 0.15) is 10.4 Å². The first-order chi connectivity index (χ1) is 9.20. The zero-order valence-corrected chi connectivity index (χ0v) is 11.7. The topological polar surface area (TPSA) is 59.2 Å². The van der Waals surface area contributed by atoms with Crippen LogP contribution in [0.1, 0.15) is 29.4 Å². The standard InChI is InChI=1S/C14H17N3OS/c1-2-17(8-9-5-6-9)14(18)13-11(15)12-10(19-13)4-3-7-16-12/h3-4,7,9H,2,5-6,8,15H2,1H3. The minimum absolute atomic E-state index is 0.0508. The lowest BCUT2D eigenvalue weighted by molar-refractivity contribution is 0.0763. The molecule has 0 atom stereocenters. The second-order valence-corrected chi connectivity index (χ2v) is 6.03. The van der Waals surface area contributed by atoms with Crippen LogP contribution in [0.2, 0.25) is 0 Å². The summed E-state index contributed by atoms with van der Waals surface area (Å²) in [5.74, 6) is 0.743. The number of nitrogens with two attached hydrogens (primary N) is 1. The first-order valence-electron chi connectivity index (χ1n) is 6.63. The van der Waals surface area contributed by atoms with E-state index in [0.29, 0.717) is 16.5 Å². The molecule has 1 fully saturated rings. The highest BCUT2D eigenvalue weighted by molar-refractivity contribution is 7.21. The minimum Gasteiger partial charge on any atom is -0.396 e. The highest BCUT2D eigenvalue weighted by atomic mass is 32.1. The fourth-order valence-corrected chi connectivity index (χ4v) is 3.27. The zero-order valence-electron chi connectivity index (χ0n) is 10.9. The first kappa shape index (κ1) is 12.4. The number of amides is 1. The molecule has 2 N–H and O–H groups in total. The van der Waals surface area contributed by atoms with Crippen molar-refractivity contribution in [2.24, 2.45) is 5.92 Å². The third kappa shape index (κ3) is 2.30. The van der Waals surface area contributed by atoms with Gasteiger partial charge in [0, 0.05) is 19.3 Å². The Morgan fingerprint density at radius 3 is 3.00 bits per heavy atom. The van der Waals surface area contributed by atoms with Crippen LogP contribution < -0.4 is 5.73 Å². The number of aromatic nitrogens is 1. The van der Waals surface area contributed by atoms with Crippen molar-refractivity contribution >= 4 is 33.1 Å². The lowest BCUT2D eigenvalue weighted by atomic mass is 10.3. The number of carbonyl (C=O) groups is 1. The number of nitrogens with zero attached hydrogens (tertiary/aromatic N) is 2. The predicted molar refractivity (Wildman–Crippen MR) is 78.3 cm³/mol. The number of carbonyl (C=O) groups excluding carboxylic acids is 1. The maximum Gasteiger partial charge on any atom is 0.266 e. The molecule has 1 aliphatic carbocycles. The van der Waals surface area contributed by atoms with Gasteiger partial charge in [0.2, 0.25) is 0 Å². The van der Waals surface area contributed by atoms with E-state index in [1.54, 1.807) is 6.20 Å². The smallest absolute Gasteiger partial charge is 0.266 e. The number of thiophene rings is 1. The van der Waals surface area contributed by atoms with Crippen LogP contribution in [0.15, 0.2) is 18.3 Å². The molecular formula is C14H17N3OS. The fraction of sp³-hybridized carbons (Fsp3) is 0.429. The number of rotatable bonds is 4.